The average molecular weight is 307 g/mol. The van der Waals surface area contributed by atoms with Crippen LogP contribution in [0, 0.1) is 12.8 Å². The first-order chi connectivity index (χ1) is 8.33. The first-order valence-electron chi connectivity index (χ1n) is 6.84. The third kappa shape index (κ3) is 4.38. The third-order valence-electron chi connectivity index (χ3n) is 3.94. The number of halogens is 2. The monoisotopic (exact) mass is 306 g/mol. The Morgan fingerprint density at radius 3 is 2.47 bits per heavy atom. The lowest BCUT2D eigenvalue weighted by atomic mass is 10.1. The fraction of sp³-hybridized carbons (Fsp3) is 0.714. The molecule has 110 valence electrons. The Bertz CT molecular complexity index is 373. The minimum absolute atomic E-state index is 0. The normalized spacial score (nSPS) is 21.3. The zero-order chi connectivity index (χ0) is 11.7. The van der Waals surface area contributed by atoms with Crippen LogP contribution in [-0.4, -0.2) is 31.1 Å². The molecule has 5 heteroatoms. The van der Waals surface area contributed by atoms with Crippen molar-refractivity contribution in [2.24, 2.45) is 5.92 Å². The maximum atomic E-state index is 5.87. The van der Waals surface area contributed by atoms with E-state index in [1.807, 2.05) is 6.92 Å². The van der Waals surface area contributed by atoms with Crippen molar-refractivity contribution in [2.75, 3.05) is 26.2 Å². The molecular weight excluding hydrogens is 283 g/mol. The Morgan fingerprint density at radius 2 is 1.95 bits per heavy atom. The molecule has 1 saturated carbocycles. The van der Waals surface area contributed by atoms with E-state index < -0.39 is 0 Å². The molecule has 1 atom stereocenters. The molecule has 0 unspecified atom stereocenters. The van der Waals surface area contributed by atoms with E-state index in [4.69, 9.17) is 4.42 Å². The maximum Gasteiger partial charge on any atom is 0.121 e. The number of hydrogen-bond acceptors (Lipinski definition) is 3. The van der Waals surface area contributed by atoms with Crippen molar-refractivity contribution < 1.29 is 4.42 Å². The number of rotatable bonds is 4. The molecule has 1 aromatic rings. The van der Waals surface area contributed by atoms with Crippen molar-refractivity contribution >= 4 is 24.8 Å². The zero-order valence-corrected chi connectivity index (χ0v) is 13.1. The van der Waals surface area contributed by atoms with E-state index in [-0.39, 0.29) is 24.8 Å². The topological polar surface area (TPSA) is 28.4 Å². The summed E-state index contributed by atoms with van der Waals surface area (Å²) < 4.78 is 5.87. The molecule has 1 aliphatic heterocycles. The molecule has 3 nitrogen and oxygen atoms in total. The summed E-state index contributed by atoms with van der Waals surface area (Å²) in [5.41, 5.74) is 0. The van der Waals surface area contributed by atoms with Gasteiger partial charge in [-0.05, 0) is 31.4 Å². The van der Waals surface area contributed by atoms with Gasteiger partial charge in [-0.25, -0.2) is 0 Å². The highest BCUT2D eigenvalue weighted by atomic mass is 35.5. The van der Waals surface area contributed by atoms with Gasteiger partial charge in [0.25, 0.3) is 0 Å². The van der Waals surface area contributed by atoms with Crippen molar-refractivity contribution in [1.82, 2.24) is 10.2 Å². The number of hydrogen-bond donors (Lipinski definition) is 1. The lowest BCUT2D eigenvalue weighted by Crippen LogP contribution is -2.45. The molecule has 19 heavy (non-hydrogen) atoms. The Hall–Kier alpha value is -0.220. The zero-order valence-electron chi connectivity index (χ0n) is 11.4. The quantitative estimate of drug-likeness (QED) is 0.926. The summed E-state index contributed by atoms with van der Waals surface area (Å²) in [4.78, 5) is 2.59. The van der Waals surface area contributed by atoms with Crippen molar-refractivity contribution in [3.63, 3.8) is 0 Å². The summed E-state index contributed by atoms with van der Waals surface area (Å²) >= 11 is 0. The van der Waals surface area contributed by atoms with Crippen molar-refractivity contribution in [3.8, 4) is 0 Å². The molecule has 0 spiro atoms. The van der Waals surface area contributed by atoms with Crippen LogP contribution in [0.2, 0.25) is 0 Å². The van der Waals surface area contributed by atoms with E-state index in [0.717, 1.165) is 37.9 Å². The van der Waals surface area contributed by atoms with Gasteiger partial charge in [-0.1, -0.05) is 12.8 Å². The van der Waals surface area contributed by atoms with Gasteiger partial charge in [-0.3, -0.25) is 4.90 Å². The summed E-state index contributed by atoms with van der Waals surface area (Å²) in [6.45, 7) is 6.56. The Morgan fingerprint density at radius 1 is 1.26 bits per heavy atom. The summed E-state index contributed by atoms with van der Waals surface area (Å²) in [7, 11) is 0. The van der Waals surface area contributed by atoms with Gasteiger partial charge in [0.05, 0.1) is 6.04 Å². The van der Waals surface area contributed by atoms with Gasteiger partial charge in [0.1, 0.15) is 11.5 Å². The molecule has 0 radical (unpaired) electrons. The largest absolute Gasteiger partial charge is 0.465 e. The van der Waals surface area contributed by atoms with E-state index in [2.05, 4.69) is 22.3 Å². The molecule has 0 bridgehead atoms. The molecule has 1 saturated heterocycles. The van der Waals surface area contributed by atoms with E-state index in [1.54, 1.807) is 0 Å². The van der Waals surface area contributed by atoms with Crippen LogP contribution in [0.5, 0.6) is 0 Å². The number of nitrogens with zero attached hydrogens (tertiary/aromatic N) is 1. The first kappa shape index (κ1) is 16.8. The molecule has 2 aliphatic rings. The lowest BCUT2D eigenvalue weighted by molar-refractivity contribution is 0.141. The molecule has 1 aromatic heterocycles. The van der Waals surface area contributed by atoms with Crippen molar-refractivity contribution in [2.45, 2.75) is 32.2 Å². The van der Waals surface area contributed by atoms with Crippen LogP contribution < -0.4 is 5.32 Å². The van der Waals surface area contributed by atoms with Gasteiger partial charge in [0, 0.05) is 26.2 Å². The van der Waals surface area contributed by atoms with Gasteiger partial charge >= 0.3 is 0 Å². The van der Waals surface area contributed by atoms with Crippen LogP contribution in [-0.2, 0) is 0 Å². The second-order valence-corrected chi connectivity index (χ2v) is 5.43. The van der Waals surface area contributed by atoms with Gasteiger partial charge in [-0.2, -0.15) is 0 Å². The summed E-state index contributed by atoms with van der Waals surface area (Å²) in [6.07, 6.45) is 4.12. The molecule has 0 amide bonds. The summed E-state index contributed by atoms with van der Waals surface area (Å²) in [5, 5.41) is 3.42. The van der Waals surface area contributed by atoms with E-state index in [0.29, 0.717) is 6.04 Å². The predicted molar refractivity (Wildman–Crippen MR) is 82.5 cm³/mol. The van der Waals surface area contributed by atoms with Crippen molar-refractivity contribution in [1.29, 1.82) is 0 Å². The number of piperazine rings is 1. The minimum Gasteiger partial charge on any atom is -0.465 e. The SMILES string of the molecule is Cc1ccc([C@H](CC2CC2)N2CCNCC2)o1.Cl.Cl. The molecule has 1 N–H and O–H groups in total. The molecule has 2 heterocycles. The highest BCUT2D eigenvalue weighted by Gasteiger charge is 2.31. The summed E-state index contributed by atoms with van der Waals surface area (Å²) in [6, 6.07) is 4.78. The number of furan rings is 1. The highest BCUT2D eigenvalue weighted by Crippen LogP contribution is 2.40. The fourth-order valence-electron chi connectivity index (χ4n) is 2.74. The van der Waals surface area contributed by atoms with Gasteiger partial charge < -0.3 is 9.73 Å². The lowest BCUT2D eigenvalue weighted by Gasteiger charge is -2.34. The Balaban J connectivity index is 0.000000902. The molecule has 2 fully saturated rings. The van der Waals surface area contributed by atoms with Gasteiger partial charge in [0.15, 0.2) is 0 Å². The predicted octanol–water partition coefficient (Wildman–Crippen LogP) is 3.18. The standard InChI is InChI=1S/C14H22N2O.2ClH/c1-11-2-5-14(17-11)13(10-12-3-4-12)16-8-6-15-7-9-16;;/h2,5,12-13,15H,3-4,6-10H2,1H3;2*1H/t13-;;/m0../s1. The van der Waals surface area contributed by atoms with E-state index >= 15 is 0 Å². The molecule has 1 aliphatic carbocycles. The molecule has 3 rings (SSSR count). The Kier molecular flexibility index (Phi) is 6.67. The smallest absolute Gasteiger partial charge is 0.121 e. The maximum absolute atomic E-state index is 5.87. The van der Waals surface area contributed by atoms with E-state index in [9.17, 15) is 0 Å². The van der Waals surface area contributed by atoms with Gasteiger partial charge in [0.2, 0.25) is 0 Å². The van der Waals surface area contributed by atoms with Crippen molar-refractivity contribution in [3.05, 3.63) is 23.7 Å². The third-order valence-corrected chi connectivity index (χ3v) is 3.94. The Labute approximate surface area is 127 Å². The van der Waals surface area contributed by atoms with Crippen LogP contribution in [0.3, 0.4) is 0 Å². The summed E-state index contributed by atoms with van der Waals surface area (Å²) in [5.74, 6) is 3.16. The second kappa shape index (κ2) is 7.53. The number of aryl methyl sites for hydroxylation is 1. The van der Waals surface area contributed by atoms with Crippen LogP contribution in [0.25, 0.3) is 0 Å². The molecule has 0 aromatic carbocycles. The van der Waals surface area contributed by atoms with Crippen LogP contribution in [0.4, 0.5) is 0 Å². The van der Waals surface area contributed by atoms with Gasteiger partial charge in [-0.15, -0.1) is 24.8 Å². The molecular formula is C14H24Cl2N2O. The van der Waals surface area contributed by atoms with E-state index in [1.165, 1.54) is 25.0 Å². The average Bonchev–Trinajstić information content (AvgIpc) is 3.08. The van der Waals surface area contributed by atoms with Crippen LogP contribution >= 0.6 is 24.8 Å². The number of nitrogens with one attached hydrogen (secondary N) is 1. The first-order valence-corrected chi connectivity index (χ1v) is 6.84. The second-order valence-electron chi connectivity index (χ2n) is 5.43. The minimum atomic E-state index is 0. The highest BCUT2D eigenvalue weighted by molar-refractivity contribution is 5.85. The fourth-order valence-corrected chi connectivity index (χ4v) is 2.74. The van der Waals surface area contributed by atoms with Crippen LogP contribution in [0.1, 0.15) is 36.8 Å². The van der Waals surface area contributed by atoms with Crippen LogP contribution in [0.15, 0.2) is 16.5 Å².